The predicted octanol–water partition coefficient (Wildman–Crippen LogP) is 5.67. The van der Waals surface area contributed by atoms with Crippen molar-refractivity contribution in [2.75, 3.05) is 16.0 Å². The summed E-state index contributed by atoms with van der Waals surface area (Å²) in [4.78, 5) is 25.4. The molecule has 0 radical (unpaired) electrons. The van der Waals surface area contributed by atoms with Gasteiger partial charge >= 0.3 is 11.7 Å². The van der Waals surface area contributed by atoms with E-state index in [-0.39, 0.29) is 5.69 Å². The van der Waals surface area contributed by atoms with Gasteiger partial charge in [-0.15, -0.1) is 0 Å². The fraction of sp³-hybridized carbons (Fsp3) is 0.120. The van der Waals surface area contributed by atoms with Crippen LogP contribution < -0.4 is 21.6 Å². The van der Waals surface area contributed by atoms with Crippen LogP contribution in [-0.2, 0) is 6.54 Å². The number of carbonyl (C=O) groups is 1. The molecule has 0 saturated carbocycles. The molecule has 1 aromatic heterocycles. The van der Waals surface area contributed by atoms with Gasteiger partial charge in [-0.1, -0.05) is 48.5 Å². The van der Waals surface area contributed by atoms with E-state index in [2.05, 4.69) is 16.0 Å². The van der Waals surface area contributed by atoms with Crippen molar-refractivity contribution in [1.29, 1.82) is 0 Å². The zero-order chi connectivity index (χ0) is 21.8. The maximum atomic E-state index is 12.7. The molecule has 0 atom stereocenters. The minimum atomic E-state index is -0.621. The number of rotatable bonds is 5. The first kappa shape index (κ1) is 20.2. The van der Waals surface area contributed by atoms with Gasteiger partial charge in [0, 0.05) is 17.6 Å². The van der Waals surface area contributed by atoms with Crippen LogP contribution in [-0.4, -0.2) is 6.03 Å². The smallest absolute Gasteiger partial charge is 0.362 e. The second kappa shape index (κ2) is 8.75. The summed E-state index contributed by atoms with van der Waals surface area (Å²) in [6.45, 7) is 4.47. The Morgan fingerprint density at radius 1 is 0.839 bits per heavy atom. The van der Waals surface area contributed by atoms with E-state index in [0.29, 0.717) is 28.9 Å². The zero-order valence-corrected chi connectivity index (χ0v) is 17.4. The third-order valence-electron chi connectivity index (χ3n) is 5.13. The highest BCUT2D eigenvalue weighted by Gasteiger charge is 2.17. The number of aryl methyl sites for hydroxylation is 2. The molecule has 6 heteroatoms. The molecule has 0 aliphatic carbocycles. The number of fused-ring (bicyclic) bond motifs is 1. The summed E-state index contributed by atoms with van der Waals surface area (Å²) in [7, 11) is 0. The van der Waals surface area contributed by atoms with Gasteiger partial charge in [-0.25, -0.2) is 9.59 Å². The Morgan fingerprint density at radius 2 is 1.58 bits per heavy atom. The average molecular weight is 413 g/mol. The molecule has 0 saturated heterocycles. The number of para-hydroxylation sites is 1. The van der Waals surface area contributed by atoms with Crippen LogP contribution in [0, 0.1) is 13.8 Å². The van der Waals surface area contributed by atoms with E-state index < -0.39 is 11.7 Å². The largest absolute Gasteiger partial charge is 0.421 e. The molecule has 4 rings (SSSR count). The van der Waals surface area contributed by atoms with Crippen LogP contribution in [0.3, 0.4) is 0 Å². The molecule has 0 spiro atoms. The van der Waals surface area contributed by atoms with Crippen LogP contribution in [0.15, 0.2) is 82.0 Å². The SMILES string of the molecule is Cc1ccc(NC(=O)Nc2c(NCc3ccccc3)c3ccccc3oc2=O)cc1C. The van der Waals surface area contributed by atoms with E-state index in [4.69, 9.17) is 4.42 Å². The second-order valence-electron chi connectivity index (χ2n) is 7.35. The fourth-order valence-electron chi connectivity index (χ4n) is 3.33. The van der Waals surface area contributed by atoms with Crippen molar-refractivity contribution in [3.8, 4) is 0 Å². The van der Waals surface area contributed by atoms with Crippen LogP contribution in [0.5, 0.6) is 0 Å². The summed E-state index contributed by atoms with van der Waals surface area (Å²) in [5.41, 5.74) is 4.30. The Bertz CT molecular complexity index is 1300. The molecule has 0 bridgehead atoms. The molecule has 4 aromatic rings. The molecule has 2 amide bonds. The second-order valence-corrected chi connectivity index (χ2v) is 7.35. The number of anilines is 3. The maximum Gasteiger partial charge on any atom is 0.362 e. The summed E-state index contributed by atoms with van der Waals surface area (Å²) in [6, 6.07) is 22.2. The predicted molar refractivity (Wildman–Crippen MR) is 125 cm³/mol. The number of benzene rings is 3. The van der Waals surface area contributed by atoms with Crippen LogP contribution in [0.25, 0.3) is 11.0 Å². The van der Waals surface area contributed by atoms with Crippen LogP contribution in [0.1, 0.15) is 16.7 Å². The number of nitrogens with one attached hydrogen (secondary N) is 3. The van der Waals surface area contributed by atoms with Crippen LogP contribution in [0.4, 0.5) is 21.9 Å². The van der Waals surface area contributed by atoms with Gasteiger partial charge in [-0.2, -0.15) is 0 Å². The zero-order valence-electron chi connectivity index (χ0n) is 17.4. The van der Waals surface area contributed by atoms with E-state index in [1.807, 2.05) is 74.5 Å². The highest BCUT2D eigenvalue weighted by atomic mass is 16.4. The van der Waals surface area contributed by atoms with Crippen molar-refractivity contribution in [3.63, 3.8) is 0 Å². The Morgan fingerprint density at radius 3 is 2.35 bits per heavy atom. The molecule has 0 unspecified atom stereocenters. The number of hydrogen-bond acceptors (Lipinski definition) is 4. The van der Waals surface area contributed by atoms with Crippen molar-refractivity contribution in [2.45, 2.75) is 20.4 Å². The summed E-state index contributed by atoms with van der Waals surface area (Å²) < 4.78 is 5.43. The first-order chi connectivity index (χ1) is 15.0. The highest BCUT2D eigenvalue weighted by Crippen LogP contribution is 2.29. The lowest BCUT2D eigenvalue weighted by Gasteiger charge is -2.15. The van der Waals surface area contributed by atoms with Crippen molar-refractivity contribution >= 4 is 34.1 Å². The normalized spacial score (nSPS) is 10.6. The Kier molecular flexibility index (Phi) is 5.71. The molecule has 0 aliphatic rings. The number of hydrogen-bond donors (Lipinski definition) is 3. The van der Waals surface area contributed by atoms with Gasteiger partial charge in [0.25, 0.3) is 0 Å². The van der Waals surface area contributed by atoms with Crippen LogP contribution >= 0.6 is 0 Å². The van der Waals surface area contributed by atoms with Gasteiger partial charge < -0.3 is 15.1 Å². The third kappa shape index (κ3) is 4.59. The third-order valence-corrected chi connectivity index (χ3v) is 5.13. The van der Waals surface area contributed by atoms with E-state index in [1.54, 1.807) is 12.1 Å². The molecule has 6 nitrogen and oxygen atoms in total. The summed E-state index contributed by atoms with van der Waals surface area (Å²) in [5.74, 6) is 0. The molecule has 3 N–H and O–H groups in total. The van der Waals surface area contributed by atoms with Gasteiger partial charge in [0.05, 0.1) is 5.69 Å². The Hall–Kier alpha value is -4.06. The van der Waals surface area contributed by atoms with Crippen molar-refractivity contribution < 1.29 is 9.21 Å². The van der Waals surface area contributed by atoms with E-state index in [1.165, 1.54) is 0 Å². The Labute approximate surface area is 179 Å². The van der Waals surface area contributed by atoms with Crippen LogP contribution in [0.2, 0.25) is 0 Å². The molecular weight excluding hydrogens is 390 g/mol. The van der Waals surface area contributed by atoms with Gasteiger partial charge in [0.1, 0.15) is 5.58 Å². The van der Waals surface area contributed by atoms with Gasteiger partial charge in [0.2, 0.25) is 0 Å². The van der Waals surface area contributed by atoms with E-state index in [9.17, 15) is 9.59 Å². The quantitative estimate of drug-likeness (QED) is 0.368. The lowest BCUT2D eigenvalue weighted by atomic mass is 10.1. The lowest BCUT2D eigenvalue weighted by Crippen LogP contribution is -2.24. The van der Waals surface area contributed by atoms with Gasteiger partial charge in [0.15, 0.2) is 5.69 Å². The van der Waals surface area contributed by atoms with E-state index in [0.717, 1.165) is 16.7 Å². The number of carbonyl (C=O) groups excluding carboxylic acids is 1. The topological polar surface area (TPSA) is 83.4 Å². The number of urea groups is 1. The Balaban J connectivity index is 1.65. The van der Waals surface area contributed by atoms with E-state index >= 15 is 0 Å². The van der Waals surface area contributed by atoms with Crippen molar-refractivity contribution in [1.82, 2.24) is 0 Å². The minimum absolute atomic E-state index is 0.0657. The molecular formula is C25H23N3O3. The molecule has 1 heterocycles. The van der Waals surface area contributed by atoms with Gasteiger partial charge in [-0.3, -0.25) is 5.32 Å². The molecule has 156 valence electrons. The molecule has 3 aromatic carbocycles. The standard InChI is InChI=1S/C25H23N3O3/c1-16-12-13-19(14-17(16)2)27-25(30)28-23-22(26-15-18-8-4-3-5-9-18)20-10-6-7-11-21(20)31-24(23)29/h3-14,26H,15H2,1-2H3,(H2,27,28,30). The molecule has 0 fully saturated rings. The molecule has 0 aliphatic heterocycles. The minimum Gasteiger partial charge on any atom is -0.421 e. The lowest BCUT2D eigenvalue weighted by molar-refractivity contribution is 0.262. The van der Waals surface area contributed by atoms with Crippen molar-refractivity contribution in [3.05, 3.63) is 99.9 Å². The number of amides is 2. The average Bonchev–Trinajstić information content (AvgIpc) is 2.77. The summed E-state index contributed by atoms with van der Waals surface area (Å²) in [6.07, 6.45) is 0. The monoisotopic (exact) mass is 413 g/mol. The summed E-state index contributed by atoms with van der Waals surface area (Å²) in [5, 5.41) is 9.45. The fourth-order valence-corrected chi connectivity index (χ4v) is 3.33. The summed E-state index contributed by atoms with van der Waals surface area (Å²) >= 11 is 0. The first-order valence-corrected chi connectivity index (χ1v) is 10.00. The van der Waals surface area contributed by atoms with Gasteiger partial charge in [-0.05, 0) is 54.8 Å². The maximum absolute atomic E-state index is 12.7. The highest BCUT2D eigenvalue weighted by molar-refractivity contribution is 6.05. The molecule has 31 heavy (non-hydrogen) atoms. The first-order valence-electron chi connectivity index (χ1n) is 10.00. The van der Waals surface area contributed by atoms with Crippen molar-refractivity contribution in [2.24, 2.45) is 0 Å².